The van der Waals surface area contributed by atoms with Crippen molar-refractivity contribution in [3.05, 3.63) is 21.9 Å². The highest BCUT2D eigenvalue weighted by molar-refractivity contribution is 7.12. The van der Waals surface area contributed by atoms with Crippen LogP contribution in [0.3, 0.4) is 0 Å². The summed E-state index contributed by atoms with van der Waals surface area (Å²) in [5.74, 6) is 0.676. The normalized spacial score (nSPS) is 15.5. The Labute approximate surface area is 110 Å². The van der Waals surface area contributed by atoms with Gasteiger partial charge in [-0.25, -0.2) is 0 Å². The van der Waals surface area contributed by atoms with Crippen molar-refractivity contribution in [2.24, 2.45) is 5.92 Å². The quantitative estimate of drug-likeness (QED) is 0.838. The summed E-state index contributed by atoms with van der Waals surface area (Å²) in [7, 11) is 4.32. The van der Waals surface area contributed by atoms with Crippen LogP contribution in [-0.4, -0.2) is 31.6 Å². The number of thiophene rings is 1. The van der Waals surface area contributed by atoms with Crippen LogP contribution in [0.4, 0.5) is 0 Å². The Kier molecular flexibility index (Phi) is 5.63. The summed E-state index contributed by atoms with van der Waals surface area (Å²) in [6, 6.07) is 5.48. The van der Waals surface area contributed by atoms with E-state index in [2.05, 4.69) is 64.1 Å². The standard InChI is InChI=1S/C14H26N2S/c1-10(2)13(16(5)6)9-15-12(4)14-8-7-11(3)17-14/h7-8,10,12-13,15H,9H2,1-6H3. The van der Waals surface area contributed by atoms with Crippen LogP contribution in [0.25, 0.3) is 0 Å². The summed E-state index contributed by atoms with van der Waals surface area (Å²) in [6.07, 6.45) is 0. The number of nitrogens with zero attached hydrogens (tertiary/aromatic N) is 1. The fourth-order valence-electron chi connectivity index (χ4n) is 2.10. The molecule has 0 aliphatic heterocycles. The number of likely N-dealkylation sites (N-methyl/N-ethyl adjacent to an activating group) is 1. The van der Waals surface area contributed by atoms with Crippen molar-refractivity contribution in [1.82, 2.24) is 10.2 Å². The smallest absolute Gasteiger partial charge is 0.0386 e. The van der Waals surface area contributed by atoms with Crippen molar-refractivity contribution in [3.8, 4) is 0 Å². The Balaban J connectivity index is 2.49. The van der Waals surface area contributed by atoms with Crippen LogP contribution in [0.2, 0.25) is 0 Å². The van der Waals surface area contributed by atoms with Gasteiger partial charge in [0.05, 0.1) is 0 Å². The SMILES string of the molecule is Cc1ccc(C(C)NCC(C(C)C)N(C)C)s1. The van der Waals surface area contributed by atoms with Crippen molar-refractivity contribution in [2.75, 3.05) is 20.6 Å². The van der Waals surface area contributed by atoms with Gasteiger partial charge in [0, 0.05) is 28.4 Å². The molecule has 1 aromatic heterocycles. The molecule has 0 aliphatic rings. The van der Waals surface area contributed by atoms with Crippen LogP contribution in [0.1, 0.15) is 36.6 Å². The molecule has 0 aromatic carbocycles. The summed E-state index contributed by atoms with van der Waals surface area (Å²) in [6.45, 7) is 10.0. The van der Waals surface area contributed by atoms with E-state index in [9.17, 15) is 0 Å². The van der Waals surface area contributed by atoms with E-state index in [-0.39, 0.29) is 0 Å². The Morgan fingerprint density at radius 2 is 1.88 bits per heavy atom. The van der Waals surface area contributed by atoms with Crippen molar-refractivity contribution in [2.45, 2.75) is 39.8 Å². The average Bonchev–Trinajstić information content (AvgIpc) is 2.63. The molecule has 1 heterocycles. The number of nitrogens with one attached hydrogen (secondary N) is 1. The third-order valence-electron chi connectivity index (χ3n) is 3.25. The predicted octanol–water partition coefficient (Wildman–Crippen LogP) is 3.29. The first-order chi connectivity index (χ1) is 7.91. The molecular formula is C14H26N2S. The Morgan fingerprint density at radius 1 is 1.24 bits per heavy atom. The van der Waals surface area contributed by atoms with Gasteiger partial charge >= 0.3 is 0 Å². The van der Waals surface area contributed by atoms with Crippen LogP contribution >= 0.6 is 11.3 Å². The van der Waals surface area contributed by atoms with Crippen molar-refractivity contribution in [1.29, 1.82) is 0 Å². The summed E-state index contributed by atoms with van der Waals surface area (Å²) in [5, 5.41) is 3.64. The van der Waals surface area contributed by atoms with Crippen LogP contribution in [-0.2, 0) is 0 Å². The fourth-order valence-corrected chi connectivity index (χ4v) is 3.00. The van der Waals surface area contributed by atoms with Gasteiger partial charge in [0.15, 0.2) is 0 Å². The molecule has 98 valence electrons. The van der Waals surface area contributed by atoms with Crippen molar-refractivity contribution >= 4 is 11.3 Å². The zero-order valence-electron chi connectivity index (χ0n) is 11.9. The second kappa shape index (κ2) is 6.53. The van der Waals surface area contributed by atoms with Crippen LogP contribution in [0, 0.1) is 12.8 Å². The van der Waals surface area contributed by atoms with Gasteiger partial charge in [-0.05, 0) is 46.0 Å². The molecule has 0 bridgehead atoms. The second-order valence-electron chi connectivity index (χ2n) is 5.35. The van der Waals surface area contributed by atoms with Gasteiger partial charge in [-0.1, -0.05) is 13.8 Å². The van der Waals surface area contributed by atoms with E-state index in [0.29, 0.717) is 18.0 Å². The van der Waals surface area contributed by atoms with Gasteiger partial charge in [0.25, 0.3) is 0 Å². The molecule has 3 heteroatoms. The van der Waals surface area contributed by atoms with Crippen molar-refractivity contribution in [3.63, 3.8) is 0 Å². The van der Waals surface area contributed by atoms with Gasteiger partial charge in [-0.3, -0.25) is 0 Å². The lowest BCUT2D eigenvalue weighted by atomic mass is 10.0. The minimum absolute atomic E-state index is 0.454. The molecule has 0 fully saturated rings. The van der Waals surface area contributed by atoms with E-state index in [4.69, 9.17) is 0 Å². The first kappa shape index (κ1) is 14.7. The molecule has 0 radical (unpaired) electrons. The van der Waals surface area contributed by atoms with E-state index in [1.165, 1.54) is 9.75 Å². The van der Waals surface area contributed by atoms with Crippen LogP contribution in [0.5, 0.6) is 0 Å². The van der Waals surface area contributed by atoms with Crippen LogP contribution in [0.15, 0.2) is 12.1 Å². The molecule has 2 unspecified atom stereocenters. The number of hydrogen-bond donors (Lipinski definition) is 1. The lowest BCUT2D eigenvalue weighted by Gasteiger charge is -2.29. The lowest BCUT2D eigenvalue weighted by molar-refractivity contribution is 0.220. The molecule has 0 spiro atoms. The maximum atomic E-state index is 3.64. The highest BCUT2D eigenvalue weighted by Crippen LogP contribution is 2.22. The Hall–Kier alpha value is -0.380. The number of rotatable bonds is 6. The Morgan fingerprint density at radius 3 is 2.29 bits per heavy atom. The molecule has 1 rings (SSSR count). The summed E-state index contributed by atoms with van der Waals surface area (Å²) >= 11 is 1.89. The van der Waals surface area contributed by atoms with E-state index in [1.54, 1.807) is 0 Å². The predicted molar refractivity (Wildman–Crippen MR) is 77.8 cm³/mol. The zero-order valence-corrected chi connectivity index (χ0v) is 12.8. The highest BCUT2D eigenvalue weighted by Gasteiger charge is 2.17. The second-order valence-corrected chi connectivity index (χ2v) is 6.67. The topological polar surface area (TPSA) is 15.3 Å². The maximum absolute atomic E-state index is 3.64. The van der Waals surface area contributed by atoms with Gasteiger partial charge in [-0.15, -0.1) is 11.3 Å². The number of aryl methyl sites for hydroxylation is 1. The molecule has 17 heavy (non-hydrogen) atoms. The first-order valence-electron chi connectivity index (χ1n) is 6.38. The molecule has 0 saturated heterocycles. The highest BCUT2D eigenvalue weighted by atomic mass is 32.1. The monoisotopic (exact) mass is 254 g/mol. The number of hydrogen-bond acceptors (Lipinski definition) is 3. The van der Waals surface area contributed by atoms with Crippen LogP contribution < -0.4 is 5.32 Å². The molecular weight excluding hydrogens is 228 g/mol. The largest absolute Gasteiger partial charge is 0.308 e. The van der Waals surface area contributed by atoms with Gasteiger partial charge in [-0.2, -0.15) is 0 Å². The molecule has 0 amide bonds. The third kappa shape index (κ3) is 4.41. The third-order valence-corrected chi connectivity index (χ3v) is 4.44. The fraction of sp³-hybridized carbons (Fsp3) is 0.714. The lowest BCUT2D eigenvalue weighted by Crippen LogP contribution is -2.42. The minimum atomic E-state index is 0.454. The van der Waals surface area contributed by atoms with Gasteiger partial charge < -0.3 is 10.2 Å². The van der Waals surface area contributed by atoms with Gasteiger partial charge in [0.2, 0.25) is 0 Å². The zero-order chi connectivity index (χ0) is 13.0. The van der Waals surface area contributed by atoms with E-state index in [0.717, 1.165) is 6.54 Å². The van der Waals surface area contributed by atoms with E-state index < -0.39 is 0 Å². The van der Waals surface area contributed by atoms with E-state index >= 15 is 0 Å². The summed E-state index contributed by atoms with van der Waals surface area (Å²) < 4.78 is 0. The average molecular weight is 254 g/mol. The van der Waals surface area contributed by atoms with Gasteiger partial charge in [0.1, 0.15) is 0 Å². The Bertz CT molecular complexity index is 323. The minimum Gasteiger partial charge on any atom is -0.308 e. The summed E-state index contributed by atoms with van der Waals surface area (Å²) in [4.78, 5) is 5.13. The van der Waals surface area contributed by atoms with E-state index in [1.807, 2.05) is 11.3 Å². The molecule has 1 aromatic rings. The molecule has 0 saturated carbocycles. The summed E-state index contributed by atoms with van der Waals surface area (Å²) in [5.41, 5.74) is 0. The molecule has 0 aliphatic carbocycles. The van der Waals surface area contributed by atoms with Crippen molar-refractivity contribution < 1.29 is 0 Å². The molecule has 2 atom stereocenters. The molecule has 1 N–H and O–H groups in total. The molecule has 2 nitrogen and oxygen atoms in total. The maximum Gasteiger partial charge on any atom is 0.0386 e. The first-order valence-corrected chi connectivity index (χ1v) is 7.19.